The number of hydrogen-bond donors (Lipinski definition) is 3. The van der Waals surface area contributed by atoms with Crippen LogP contribution >= 0.6 is 0 Å². The average Bonchev–Trinajstić information content (AvgIpc) is 2.75. The maximum atomic E-state index is 14.0. The van der Waals surface area contributed by atoms with Gasteiger partial charge in [0.2, 0.25) is 0 Å². The summed E-state index contributed by atoms with van der Waals surface area (Å²) in [6.07, 6.45) is 1.02. The first-order valence-electron chi connectivity index (χ1n) is 10.2. The molecule has 2 heterocycles. The van der Waals surface area contributed by atoms with Crippen LogP contribution < -0.4 is 16.8 Å². The molecule has 0 aliphatic carbocycles. The van der Waals surface area contributed by atoms with Crippen LogP contribution in [0.1, 0.15) is 16.7 Å². The molecule has 1 atom stereocenters. The third-order valence-electron chi connectivity index (χ3n) is 6.12. The summed E-state index contributed by atoms with van der Waals surface area (Å²) in [6, 6.07) is 7.61. The summed E-state index contributed by atoms with van der Waals surface area (Å²) in [4.78, 5) is 14.4. The van der Waals surface area contributed by atoms with Gasteiger partial charge in [-0.1, -0.05) is 18.2 Å². The topological polar surface area (TPSA) is 138 Å². The molecule has 3 rings (SSSR count). The van der Waals surface area contributed by atoms with E-state index < -0.39 is 18.0 Å². The van der Waals surface area contributed by atoms with Crippen molar-refractivity contribution in [1.29, 1.82) is 10.5 Å². The smallest absolute Gasteiger partial charge is 0.357 e. The highest BCUT2D eigenvalue weighted by Gasteiger charge is 2.36. The molecule has 0 bridgehead atoms. The van der Waals surface area contributed by atoms with Gasteiger partial charge in [0.25, 0.3) is 5.91 Å². The van der Waals surface area contributed by atoms with Gasteiger partial charge in [0.1, 0.15) is 17.9 Å². The highest BCUT2D eigenvalue weighted by Crippen LogP contribution is 2.31. The molecule has 0 radical (unpaired) electrons. The largest absolute Gasteiger partial charge is 0.394 e. The van der Waals surface area contributed by atoms with E-state index in [0.29, 0.717) is 35.6 Å². The zero-order chi connectivity index (χ0) is 24.5. The van der Waals surface area contributed by atoms with Crippen molar-refractivity contribution in [3.63, 3.8) is 0 Å². The summed E-state index contributed by atoms with van der Waals surface area (Å²) in [6.45, 7) is 2.69. The van der Waals surface area contributed by atoms with Crippen LogP contribution in [-0.4, -0.2) is 54.2 Å². The molecule has 1 aromatic carbocycles. The van der Waals surface area contributed by atoms with E-state index in [1.807, 2.05) is 4.90 Å². The van der Waals surface area contributed by atoms with E-state index in [9.17, 15) is 13.6 Å². The molecule has 1 fully saturated rings. The monoisotopic (exact) mass is 456 g/mol. The standard InChI is InChI=1S/C22H26F2N8O/c1-13-15(5-4-6-17(13)22(23,24)12-26)9-29-20-16(19(28)21(33)31(3)30(20)2)7-18(27)32-10-14(8-25)11-32/h4-7,14,20,29H,9-11,27-28H2,1-3H3/b18-7+. The quantitative estimate of drug-likeness (QED) is 0.572. The van der Waals surface area contributed by atoms with Gasteiger partial charge in [-0.25, -0.2) is 0 Å². The van der Waals surface area contributed by atoms with E-state index in [1.165, 1.54) is 24.1 Å². The van der Waals surface area contributed by atoms with Gasteiger partial charge in [0.15, 0.2) is 0 Å². The van der Waals surface area contributed by atoms with Crippen LogP contribution in [0.2, 0.25) is 0 Å². The lowest BCUT2D eigenvalue weighted by Crippen LogP contribution is -2.59. The van der Waals surface area contributed by atoms with Gasteiger partial charge in [0, 0.05) is 44.9 Å². The van der Waals surface area contributed by atoms with Crippen LogP contribution in [0, 0.1) is 35.5 Å². The Kier molecular flexibility index (Phi) is 6.58. The Morgan fingerprint density at radius 2 is 2.00 bits per heavy atom. The van der Waals surface area contributed by atoms with Gasteiger partial charge in [-0.3, -0.25) is 15.1 Å². The lowest BCUT2D eigenvalue weighted by atomic mass is 9.97. The zero-order valence-electron chi connectivity index (χ0n) is 18.6. The number of nitrogens with one attached hydrogen (secondary N) is 1. The SMILES string of the molecule is Cc1c(CNC2C(/C=C(\N)N3CC(C#N)C3)=C(N)C(=O)N(C)N2C)cccc1C(F)(F)C#N. The van der Waals surface area contributed by atoms with E-state index in [0.717, 1.165) is 6.07 Å². The van der Waals surface area contributed by atoms with Gasteiger partial charge in [-0.05, 0) is 24.1 Å². The number of halogens is 2. The predicted molar refractivity (Wildman–Crippen MR) is 116 cm³/mol. The number of carbonyl (C=O) groups excluding carboxylic acids is 1. The Labute approximate surface area is 191 Å². The number of nitrogens with two attached hydrogens (primary N) is 2. The summed E-state index contributed by atoms with van der Waals surface area (Å²) in [5.74, 6) is -3.72. The van der Waals surface area contributed by atoms with Crippen molar-refractivity contribution in [3.8, 4) is 12.1 Å². The van der Waals surface area contributed by atoms with Crippen LogP contribution in [0.4, 0.5) is 8.78 Å². The number of nitrogens with zero attached hydrogens (tertiary/aromatic N) is 5. The van der Waals surface area contributed by atoms with Crippen LogP contribution in [0.15, 0.2) is 41.4 Å². The molecule has 1 unspecified atom stereocenters. The second-order valence-electron chi connectivity index (χ2n) is 8.13. The number of hydrazine groups is 1. The van der Waals surface area contributed by atoms with Crippen LogP contribution in [-0.2, 0) is 17.3 Å². The van der Waals surface area contributed by atoms with E-state index in [4.69, 9.17) is 22.0 Å². The number of amides is 1. The van der Waals surface area contributed by atoms with E-state index >= 15 is 0 Å². The van der Waals surface area contributed by atoms with Gasteiger partial charge in [0.05, 0.1) is 17.8 Å². The minimum absolute atomic E-state index is 0.00916. The number of likely N-dealkylation sites (tertiary alicyclic amines) is 1. The molecule has 33 heavy (non-hydrogen) atoms. The van der Waals surface area contributed by atoms with E-state index in [-0.39, 0.29) is 23.7 Å². The van der Waals surface area contributed by atoms with Crippen molar-refractivity contribution in [2.24, 2.45) is 17.4 Å². The van der Waals surface area contributed by atoms with Crippen molar-refractivity contribution in [2.45, 2.75) is 25.6 Å². The minimum Gasteiger partial charge on any atom is -0.394 e. The fourth-order valence-corrected chi connectivity index (χ4v) is 3.87. The molecule has 9 nitrogen and oxygen atoms in total. The molecule has 0 saturated carbocycles. The van der Waals surface area contributed by atoms with Gasteiger partial charge in [-0.15, -0.1) is 0 Å². The second kappa shape index (κ2) is 9.06. The van der Waals surface area contributed by atoms with E-state index in [2.05, 4.69) is 11.4 Å². The number of carbonyl (C=O) groups is 1. The predicted octanol–water partition coefficient (Wildman–Crippen LogP) is 0.813. The Morgan fingerprint density at radius 1 is 1.33 bits per heavy atom. The number of hydrogen-bond acceptors (Lipinski definition) is 8. The summed E-state index contributed by atoms with van der Waals surface area (Å²) in [5.41, 5.74) is 13.3. The first-order valence-corrected chi connectivity index (χ1v) is 10.2. The van der Waals surface area contributed by atoms with Crippen molar-refractivity contribution in [3.05, 3.63) is 58.1 Å². The van der Waals surface area contributed by atoms with Crippen LogP contribution in [0.25, 0.3) is 0 Å². The van der Waals surface area contributed by atoms with E-state index in [1.54, 1.807) is 31.2 Å². The number of benzene rings is 1. The number of nitriles is 2. The minimum atomic E-state index is -3.60. The fourth-order valence-electron chi connectivity index (χ4n) is 3.87. The van der Waals surface area contributed by atoms with Crippen LogP contribution in [0.3, 0.4) is 0 Å². The average molecular weight is 457 g/mol. The van der Waals surface area contributed by atoms with Crippen molar-refractivity contribution >= 4 is 5.91 Å². The molecular formula is C22H26F2N8O. The van der Waals surface area contributed by atoms with Crippen molar-refractivity contribution < 1.29 is 13.6 Å². The lowest BCUT2D eigenvalue weighted by Gasteiger charge is -2.42. The van der Waals surface area contributed by atoms with Gasteiger partial charge >= 0.3 is 5.92 Å². The van der Waals surface area contributed by atoms with Gasteiger partial charge in [-0.2, -0.15) is 24.3 Å². The molecular weight excluding hydrogens is 430 g/mol. The fraction of sp³-hybridized carbons (Fsp3) is 0.409. The lowest BCUT2D eigenvalue weighted by molar-refractivity contribution is -0.145. The highest BCUT2D eigenvalue weighted by atomic mass is 19.3. The zero-order valence-corrected chi connectivity index (χ0v) is 18.6. The molecule has 1 amide bonds. The molecule has 11 heteroatoms. The Bertz CT molecular complexity index is 1090. The van der Waals surface area contributed by atoms with Crippen molar-refractivity contribution in [2.75, 3.05) is 27.2 Å². The Morgan fingerprint density at radius 3 is 2.61 bits per heavy atom. The highest BCUT2D eigenvalue weighted by molar-refractivity contribution is 5.94. The summed E-state index contributed by atoms with van der Waals surface area (Å²) >= 11 is 0. The molecule has 2 aliphatic rings. The first kappa shape index (κ1) is 24.0. The number of rotatable bonds is 6. The summed E-state index contributed by atoms with van der Waals surface area (Å²) < 4.78 is 28.0. The molecule has 1 aromatic rings. The van der Waals surface area contributed by atoms with Crippen LogP contribution in [0.5, 0.6) is 0 Å². The van der Waals surface area contributed by atoms with Gasteiger partial charge < -0.3 is 16.4 Å². The molecule has 0 aromatic heterocycles. The second-order valence-corrected chi connectivity index (χ2v) is 8.13. The van der Waals surface area contributed by atoms with Crippen molar-refractivity contribution in [1.82, 2.24) is 20.2 Å². The molecule has 0 spiro atoms. The third-order valence-corrected chi connectivity index (χ3v) is 6.12. The summed E-state index contributed by atoms with van der Waals surface area (Å²) in [7, 11) is 3.26. The summed E-state index contributed by atoms with van der Waals surface area (Å²) in [5, 5.41) is 24.0. The molecule has 174 valence electrons. The molecule has 1 saturated heterocycles. The normalized spacial score (nSPS) is 20.5. The number of likely N-dealkylation sites (N-methyl/N-ethyl adjacent to an activating group) is 2. The molecule has 2 aliphatic heterocycles. The Hall–Kier alpha value is -3.67. The molecule has 5 N–H and O–H groups in total. The maximum absolute atomic E-state index is 14.0. The maximum Gasteiger partial charge on any atom is 0.357 e. The third kappa shape index (κ3) is 4.46. The number of alkyl halides is 2. The first-order chi connectivity index (χ1) is 15.5. The Balaban J connectivity index is 1.89.